The van der Waals surface area contributed by atoms with Crippen LogP contribution in [0, 0.1) is 0 Å². The molecule has 0 aliphatic rings. The molecule has 0 aromatic carbocycles. The molecule has 0 saturated heterocycles. The molecule has 17 heavy (non-hydrogen) atoms. The number of unbranched alkanes of at least 4 members (excludes halogenated alkanes) is 7. The Hall–Kier alpha value is -0.300. The summed E-state index contributed by atoms with van der Waals surface area (Å²) < 4.78 is 0. The van der Waals surface area contributed by atoms with E-state index in [1.54, 1.807) is 10.4 Å². The molecule has 0 radical (unpaired) electrons. The smallest absolute Gasteiger partial charge is 0.00744 e. The van der Waals surface area contributed by atoms with Crippen molar-refractivity contribution < 1.29 is 0 Å². The largest absolute Gasteiger partial charge is 0.149 e. The van der Waals surface area contributed by atoms with Gasteiger partial charge in [-0.05, 0) is 36.3 Å². The summed E-state index contributed by atoms with van der Waals surface area (Å²) in [6.07, 6.45) is 13.9. The van der Waals surface area contributed by atoms with Gasteiger partial charge in [0.15, 0.2) is 0 Å². The Morgan fingerprint density at radius 1 is 0.882 bits per heavy atom. The van der Waals surface area contributed by atoms with Crippen LogP contribution in [0.4, 0.5) is 0 Å². The third-order valence-electron chi connectivity index (χ3n) is 3.46. The standard InChI is InChI=1S/C16H28S/c1-3-5-6-7-8-9-10-11-12-15-13-14-17-16(15)4-2/h13-14H,3-12H2,1-2H3. The Bertz CT molecular complexity index is 275. The zero-order chi connectivity index (χ0) is 12.3. The number of hydrogen-bond acceptors (Lipinski definition) is 1. The predicted octanol–water partition coefficient (Wildman–Crippen LogP) is 5.99. The van der Waals surface area contributed by atoms with Crippen molar-refractivity contribution in [2.75, 3.05) is 0 Å². The Morgan fingerprint density at radius 2 is 1.53 bits per heavy atom. The highest BCUT2D eigenvalue weighted by molar-refractivity contribution is 7.10. The fourth-order valence-electron chi connectivity index (χ4n) is 2.35. The van der Waals surface area contributed by atoms with E-state index in [9.17, 15) is 0 Å². The molecule has 0 unspecified atom stereocenters. The summed E-state index contributed by atoms with van der Waals surface area (Å²) in [5.74, 6) is 0. The van der Waals surface area contributed by atoms with Gasteiger partial charge in [0.25, 0.3) is 0 Å². The van der Waals surface area contributed by atoms with Gasteiger partial charge in [-0.2, -0.15) is 0 Å². The zero-order valence-corrected chi connectivity index (χ0v) is 12.5. The minimum atomic E-state index is 1.21. The summed E-state index contributed by atoms with van der Waals surface area (Å²) >= 11 is 1.93. The van der Waals surface area contributed by atoms with Crippen LogP contribution in [-0.4, -0.2) is 0 Å². The molecule has 1 aromatic heterocycles. The van der Waals surface area contributed by atoms with Crippen LogP contribution in [0.25, 0.3) is 0 Å². The lowest BCUT2D eigenvalue weighted by molar-refractivity contribution is 0.575. The minimum Gasteiger partial charge on any atom is -0.149 e. The van der Waals surface area contributed by atoms with E-state index in [-0.39, 0.29) is 0 Å². The van der Waals surface area contributed by atoms with E-state index in [1.165, 1.54) is 64.2 Å². The van der Waals surface area contributed by atoms with Crippen LogP contribution in [0.5, 0.6) is 0 Å². The first-order valence-corrected chi connectivity index (χ1v) is 8.31. The van der Waals surface area contributed by atoms with E-state index in [0.717, 1.165) is 0 Å². The maximum absolute atomic E-state index is 2.32. The molecular formula is C16H28S. The summed E-state index contributed by atoms with van der Waals surface area (Å²) in [5.41, 5.74) is 1.61. The van der Waals surface area contributed by atoms with Gasteiger partial charge >= 0.3 is 0 Å². The van der Waals surface area contributed by atoms with Gasteiger partial charge in [-0.1, -0.05) is 58.8 Å². The van der Waals surface area contributed by atoms with Gasteiger partial charge in [0.1, 0.15) is 0 Å². The van der Waals surface area contributed by atoms with Crippen molar-refractivity contribution in [2.24, 2.45) is 0 Å². The molecule has 0 nitrogen and oxygen atoms in total. The molecule has 1 heteroatoms. The molecular weight excluding hydrogens is 224 g/mol. The quantitative estimate of drug-likeness (QED) is 0.448. The monoisotopic (exact) mass is 252 g/mol. The van der Waals surface area contributed by atoms with Crippen LogP contribution in [0.3, 0.4) is 0 Å². The molecule has 0 spiro atoms. The highest BCUT2D eigenvalue weighted by atomic mass is 32.1. The molecule has 0 N–H and O–H groups in total. The second kappa shape index (κ2) is 9.70. The Labute approximate surface area is 111 Å². The first-order chi connectivity index (χ1) is 8.38. The van der Waals surface area contributed by atoms with Gasteiger partial charge in [0.2, 0.25) is 0 Å². The summed E-state index contributed by atoms with van der Waals surface area (Å²) in [4.78, 5) is 1.60. The molecule has 0 saturated carbocycles. The molecule has 0 aliphatic carbocycles. The minimum absolute atomic E-state index is 1.21. The molecule has 1 aromatic rings. The molecule has 0 aliphatic heterocycles. The number of aryl methyl sites for hydroxylation is 2. The summed E-state index contributed by atoms with van der Waals surface area (Å²) in [6.45, 7) is 4.55. The van der Waals surface area contributed by atoms with Crippen molar-refractivity contribution in [1.29, 1.82) is 0 Å². The van der Waals surface area contributed by atoms with Crippen molar-refractivity contribution in [3.63, 3.8) is 0 Å². The van der Waals surface area contributed by atoms with Crippen LogP contribution in [0.15, 0.2) is 11.4 Å². The van der Waals surface area contributed by atoms with Crippen LogP contribution in [0.2, 0.25) is 0 Å². The number of hydrogen-bond donors (Lipinski definition) is 0. The van der Waals surface area contributed by atoms with Crippen molar-refractivity contribution in [1.82, 2.24) is 0 Å². The average Bonchev–Trinajstić information content (AvgIpc) is 2.80. The van der Waals surface area contributed by atoms with E-state index < -0.39 is 0 Å². The van der Waals surface area contributed by atoms with Gasteiger partial charge in [-0.15, -0.1) is 11.3 Å². The van der Waals surface area contributed by atoms with Crippen LogP contribution in [0.1, 0.15) is 75.7 Å². The van der Waals surface area contributed by atoms with Gasteiger partial charge in [-0.25, -0.2) is 0 Å². The topological polar surface area (TPSA) is 0 Å². The molecule has 98 valence electrons. The van der Waals surface area contributed by atoms with Crippen LogP contribution < -0.4 is 0 Å². The first kappa shape index (κ1) is 14.8. The zero-order valence-electron chi connectivity index (χ0n) is 11.6. The Morgan fingerprint density at radius 3 is 2.18 bits per heavy atom. The number of thiophene rings is 1. The Kier molecular flexibility index (Phi) is 8.42. The van der Waals surface area contributed by atoms with Crippen molar-refractivity contribution in [3.05, 3.63) is 21.9 Å². The summed E-state index contributed by atoms with van der Waals surface area (Å²) in [5, 5.41) is 2.25. The van der Waals surface area contributed by atoms with E-state index in [4.69, 9.17) is 0 Å². The molecule has 0 atom stereocenters. The molecule has 1 rings (SSSR count). The van der Waals surface area contributed by atoms with E-state index >= 15 is 0 Å². The SMILES string of the molecule is CCCCCCCCCCc1ccsc1CC. The van der Waals surface area contributed by atoms with Gasteiger partial charge in [-0.3, -0.25) is 0 Å². The van der Waals surface area contributed by atoms with E-state index in [2.05, 4.69) is 25.3 Å². The fraction of sp³-hybridized carbons (Fsp3) is 0.750. The van der Waals surface area contributed by atoms with Gasteiger partial charge in [0.05, 0.1) is 0 Å². The van der Waals surface area contributed by atoms with Crippen LogP contribution >= 0.6 is 11.3 Å². The summed E-state index contributed by atoms with van der Waals surface area (Å²) in [6, 6.07) is 2.32. The third-order valence-corrected chi connectivity index (χ3v) is 4.57. The lowest BCUT2D eigenvalue weighted by Crippen LogP contribution is -1.88. The Balaban J connectivity index is 1.97. The van der Waals surface area contributed by atoms with Crippen molar-refractivity contribution in [2.45, 2.75) is 78.1 Å². The number of rotatable bonds is 10. The molecule has 0 fully saturated rings. The first-order valence-electron chi connectivity index (χ1n) is 7.43. The lowest BCUT2D eigenvalue weighted by atomic mass is 10.0. The maximum atomic E-state index is 2.32. The van der Waals surface area contributed by atoms with Crippen molar-refractivity contribution in [3.8, 4) is 0 Å². The third kappa shape index (κ3) is 6.26. The van der Waals surface area contributed by atoms with E-state index in [0.29, 0.717) is 0 Å². The highest BCUT2D eigenvalue weighted by Gasteiger charge is 2.01. The second-order valence-electron chi connectivity index (χ2n) is 4.95. The lowest BCUT2D eigenvalue weighted by Gasteiger charge is -2.03. The van der Waals surface area contributed by atoms with Crippen molar-refractivity contribution >= 4 is 11.3 Å². The van der Waals surface area contributed by atoms with Crippen LogP contribution in [-0.2, 0) is 12.8 Å². The normalized spacial score (nSPS) is 10.9. The molecule has 1 heterocycles. The highest BCUT2D eigenvalue weighted by Crippen LogP contribution is 2.20. The van der Waals surface area contributed by atoms with E-state index in [1.807, 2.05) is 11.3 Å². The summed E-state index contributed by atoms with van der Waals surface area (Å²) in [7, 11) is 0. The second-order valence-corrected chi connectivity index (χ2v) is 5.95. The maximum Gasteiger partial charge on any atom is 0.00744 e. The molecule has 0 bridgehead atoms. The molecule has 0 amide bonds. The van der Waals surface area contributed by atoms with Gasteiger partial charge in [0, 0.05) is 4.88 Å². The predicted molar refractivity (Wildman–Crippen MR) is 80.0 cm³/mol. The fourth-order valence-corrected chi connectivity index (χ4v) is 3.23. The average molecular weight is 252 g/mol. The van der Waals surface area contributed by atoms with Gasteiger partial charge < -0.3 is 0 Å².